The third-order valence-electron chi connectivity index (χ3n) is 3.68. The number of benzene rings is 2. The monoisotopic (exact) mass is 287 g/mol. The van der Waals surface area contributed by atoms with E-state index < -0.39 is 10.7 Å². The van der Waals surface area contributed by atoms with Crippen LogP contribution in [-0.4, -0.2) is 4.92 Å². The van der Waals surface area contributed by atoms with Crippen LogP contribution in [0, 0.1) is 15.9 Å². The number of rotatable bonds is 3. The molecule has 0 saturated heterocycles. The number of nitrogen functional groups attached to an aromatic ring is 1. The maximum atomic E-state index is 13.4. The van der Waals surface area contributed by atoms with Gasteiger partial charge in [-0.05, 0) is 42.2 Å². The van der Waals surface area contributed by atoms with Gasteiger partial charge in [0.15, 0.2) is 0 Å². The van der Waals surface area contributed by atoms with E-state index in [0.717, 1.165) is 30.2 Å². The molecule has 1 unspecified atom stereocenters. The summed E-state index contributed by atoms with van der Waals surface area (Å²) in [7, 11) is 0. The molecule has 108 valence electrons. The Kier molecular flexibility index (Phi) is 3.21. The van der Waals surface area contributed by atoms with Gasteiger partial charge in [0.05, 0.1) is 17.0 Å². The minimum absolute atomic E-state index is 0.0157. The minimum Gasteiger partial charge on any atom is -0.399 e. The van der Waals surface area contributed by atoms with Crippen LogP contribution in [0.3, 0.4) is 0 Å². The predicted octanol–water partition coefficient (Wildman–Crippen LogP) is 3.42. The van der Waals surface area contributed by atoms with Crippen LogP contribution < -0.4 is 11.1 Å². The van der Waals surface area contributed by atoms with Crippen LogP contribution in [0.25, 0.3) is 0 Å². The van der Waals surface area contributed by atoms with Crippen molar-refractivity contribution in [3.8, 4) is 0 Å². The fourth-order valence-electron chi connectivity index (χ4n) is 2.75. The molecule has 3 N–H and O–H groups in total. The molecule has 1 aliphatic carbocycles. The van der Waals surface area contributed by atoms with Crippen molar-refractivity contribution >= 4 is 17.1 Å². The smallest absolute Gasteiger partial charge is 0.274 e. The van der Waals surface area contributed by atoms with Crippen LogP contribution in [-0.2, 0) is 6.42 Å². The SMILES string of the molecule is Nc1ccc2c(c1)CCC2Nc1cc(F)cc([N+](=O)[O-])c1. The largest absolute Gasteiger partial charge is 0.399 e. The number of nitrogens with two attached hydrogens (primary N) is 1. The van der Waals surface area contributed by atoms with E-state index in [9.17, 15) is 14.5 Å². The summed E-state index contributed by atoms with van der Waals surface area (Å²) in [5.74, 6) is -0.623. The highest BCUT2D eigenvalue weighted by atomic mass is 19.1. The standard InChI is InChI=1S/C15H14FN3O2/c16-10-6-12(8-13(7-10)19(20)21)18-15-4-1-9-5-11(17)2-3-14(9)15/h2-3,5-8,15,18H,1,4,17H2. The summed E-state index contributed by atoms with van der Waals surface area (Å²) in [4.78, 5) is 10.2. The fourth-order valence-corrected chi connectivity index (χ4v) is 2.75. The predicted molar refractivity (Wildman–Crippen MR) is 78.6 cm³/mol. The molecule has 2 aromatic carbocycles. The molecule has 0 bridgehead atoms. The molecule has 0 spiro atoms. The van der Waals surface area contributed by atoms with E-state index in [1.54, 1.807) is 0 Å². The second-order valence-electron chi connectivity index (χ2n) is 5.15. The molecule has 0 heterocycles. The van der Waals surface area contributed by atoms with Gasteiger partial charge in [-0.3, -0.25) is 10.1 Å². The lowest BCUT2D eigenvalue weighted by Crippen LogP contribution is -2.07. The summed E-state index contributed by atoms with van der Waals surface area (Å²) < 4.78 is 13.4. The van der Waals surface area contributed by atoms with Crippen molar-refractivity contribution in [2.45, 2.75) is 18.9 Å². The van der Waals surface area contributed by atoms with Gasteiger partial charge in [-0.2, -0.15) is 0 Å². The molecule has 2 aromatic rings. The van der Waals surface area contributed by atoms with Gasteiger partial charge in [-0.15, -0.1) is 0 Å². The number of aryl methyl sites for hydroxylation is 1. The van der Waals surface area contributed by atoms with Crippen molar-refractivity contribution in [3.05, 3.63) is 63.5 Å². The van der Waals surface area contributed by atoms with Crippen LogP contribution in [0.5, 0.6) is 0 Å². The molecule has 1 atom stereocenters. The Balaban J connectivity index is 1.88. The number of hydrogen-bond donors (Lipinski definition) is 2. The Morgan fingerprint density at radius 2 is 2.10 bits per heavy atom. The van der Waals surface area contributed by atoms with Gasteiger partial charge in [0.25, 0.3) is 5.69 Å². The zero-order valence-corrected chi connectivity index (χ0v) is 11.2. The first-order valence-electron chi connectivity index (χ1n) is 6.63. The second-order valence-corrected chi connectivity index (χ2v) is 5.15. The molecule has 21 heavy (non-hydrogen) atoms. The van der Waals surface area contributed by atoms with Gasteiger partial charge in [0.2, 0.25) is 0 Å². The Hall–Kier alpha value is -2.63. The number of nitro groups is 1. The summed E-state index contributed by atoms with van der Waals surface area (Å²) in [6.07, 6.45) is 1.73. The van der Waals surface area contributed by atoms with Crippen LogP contribution in [0.1, 0.15) is 23.6 Å². The zero-order valence-electron chi connectivity index (χ0n) is 11.2. The van der Waals surface area contributed by atoms with E-state index in [-0.39, 0.29) is 11.7 Å². The number of fused-ring (bicyclic) bond motifs is 1. The van der Waals surface area contributed by atoms with Crippen LogP contribution in [0.2, 0.25) is 0 Å². The lowest BCUT2D eigenvalue weighted by Gasteiger charge is -2.15. The van der Waals surface area contributed by atoms with E-state index in [4.69, 9.17) is 5.73 Å². The first-order chi connectivity index (χ1) is 10.0. The van der Waals surface area contributed by atoms with Gasteiger partial charge in [-0.25, -0.2) is 4.39 Å². The van der Waals surface area contributed by atoms with Crippen LogP contribution >= 0.6 is 0 Å². The number of hydrogen-bond acceptors (Lipinski definition) is 4. The molecular formula is C15H14FN3O2. The van der Waals surface area contributed by atoms with Crippen molar-refractivity contribution in [2.75, 3.05) is 11.1 Å². The maximum absolute atomic E-state index is 13.4. The molecule has 6 heteroatoms. The number of non-ortho nitro benzene ring substituents is 1. The van der Waals surface area contributed by atoms with E-state index in [0.29, 0.717) is 5.69 Å². The zero-order chi connectivity index (χ0) is 15.0. The molecule has 0 aliphatic heterocycles. The normalized spacial score (nSPS) is 16.5. The summed E-state index contributed by atoms with van der Waals surface area (Å²) in [5.41, 5.74) is 8.90. The Labute approximate surface area is 120 Å². The first-order valence-corrected chi connectivity index (χ1v) is 6.63. The topological polar surface area (TPSA) is 81.2 Å². The third-order valence-corrected chi connectivity index (χ3v) is 3.68. The summed E-state index contributed by atoms with van der Waals surface area (Å²) >= 11 is 0. The van der Waals surface area contributed by atoms with Crippen molar-refractivity contribution in [2.24, 2.45) is 0 Å². The Morgan fingerprint density at radius 1 is 1.29 bits per heavy atom. The van der Waals surface area contributed by atoms with Crippen LogP contribution in [0.15, 0.2) is 36.4 Å². The number of halogens is 1. The summed E-state index contributed by atoms with van der Waals surface area (Å²) in [6.45, 7) is 0. The van der Waals surface area contributed by atoms with E-state index in [1.165, 1.54) is 17.7 Å². The van der Waals surface area contributed by atoms with Gasteiger partial charge in [0, 0.05) is 17.4 Å². The highest BCUT2D eigenvalue weighted by Gasteiger charge is 2.23. The molecule has 1 aliphatic rings. The molecule has 0 radical (unpaired) electrons. The van der Waals surface area contributed by atoms with Crippen LogP contribution in [0.4, 0.5) is 21.5 Å². The quantitative estimate of drug-likeness (QED) is 0.515. The summed E-state index contributed by atoms with van der Waals surface area (Å²) in [6, 6.07) is 9.25. The molecule has 3 rings (SSSR count). The highest BCUT2D eigenvalue weighted by Crippen LogP contribution is 2.35. The third kappa shape index (κ3) is 2.65. The van der Waals surface area contributed by atoms with Gasteiger partial charge in [-0.1, -0.05) is 6.07 Å². The van der Waals surface area contributed by atoms with Crippen molar-refractivity contribution in [3.63, 3.8) is 0 Å². The average Bonchev–Trinajstić information content (AvgIpc) is 2.80. The van der Waals surface area contributed by atoms with Gasteiger partial charge < -0.3 is 11.1 Å². The van der Waals surface area contributed by atoms with Crippen molar-refractivity contribution in [1.29, 1.82) is 0 Å². The second kappa shape index (κ2) is 5.05. The fraction of sp³-hybridized carbons (Fsp3) is 0.200. The Bertz CT molecular complexity index is 718. The lowest BCUT2D eigenvalue weighted by atomic mass is 10.1. The first kappa shape index (κ1) is 13.4. The molecule has 0 amide bonds. The molecule has 5 nitrogen and oxygen atoms in total. The Morgan fingerprint density at radius 3 is 2.86 bits per heavy atom. The van der Waals surface area contributed by atoms with Gasteiger partial charge in [0.1, 0.15) is 5.82 Å². The number of nitro benzene ring substituents is 1. The maximum Gasteiger partial charge on any atom is 0.274 e. The van der Waals surface area contributed by atoms with Gasteiger partial charge >= 0.3 is 0 Å². The average molecular weight is 287 g/mol. The molecule has 0 saturated carbocycles. The number of anilines is 2. The highest BCUT2D eigenvalue weighted by molar-refractivity contribution is 5.55. The number of nitrogens with zero attached hydrogens (tertiary/aromatic N) is 1. The summed E-state index contributed by atoms with van der Waals surface area (Å²) in [5, 5.41) is 13.9. The van der Waals surface area contributed by atoms with Crippen molar-refractivity contribution < 1.29 is 9.31 Å². The molecule has 0 fully saturated rings. The van der Waals surface area contributed by atoms with E-state index >= 15 is 0 Å². The molecular weight excluding hydrogens is 273 g/mol. The van der Waals surface area contributed by atoms with E-state index in [1.807, 2.05) is 18.2 Å². The minimum atomic E-state index is -0.623. The molecule has 0 aromatic heterocycles. The van der Waals surface area contributed by atoms with Crippen molar-refractivity contribution in [1.82, 2.24) is 0 Å². The van der Waals surface area contributed by atoms with E-state index in [2.05, 4.69) is 5.32 Å². The lowest BCUT2D eigenvalue weighted by molar-refractivity contribution is -0.385. The number of nitrogens with one attached hydrogen (secondary N) is 1.